The number of fused-ring (bicyclic) bond motifs is 3. The Morgan fingerprint density at radius 1 is 1.12 bits per heavy atom. The van der Waals surface area contributed by atoms with Gasteiger partial charge in [-0.05, 0) is 43.2 Å². The van der Waals surface area contributed by atoms with E-state index < -0.39 is 0 Å². The van der Waals surface area contributed by atoms with Crippen molar-refractivity contribution in [2.45, 2.75) is 32.2 Å². The Balaban J connectivity index is 1.18. The molecular formula is C20H26N4O. The van der Waals surface area contributed by atoms with Crippen LogP contribution in [0, 0.1) is 17.8 Å². The number of hydrogen-bond donors (Lipinski definition) is 0. The van der Waals surface area contributed by atoms with Crippen LogP contribution >= 0.6 is 0 Å². The molecule has 0 spiro atoms. The molecule has 1 aliphatic heterocycles. The molecule has 2 bridgehead atoms. The summed E-state index contributed by atoms with van der Waals surface area (Å²) in [5, 5.41) is 0. The number of rotatable bonds is 3. The normalized spacial score (nSPS) is 29.6. The third kappa shape index (κ3) is 2.84. The largest absolute Gasteiger partial charge is 0.340 e. The zero-order valence-electron chi connectivity index (χ0n) is 14.7. The van der Waals surface area contributed by atoms with E-state index in [0.717, 1.165) is 56.4 Å². The van der Waals surface area contributed by atoms with Gasteiger partial charge in [0.2, 0.25) is 5.91 Å². The number of pyridine rings is 1. The van der Waals surface area contributed by atoms with Crippen LogP contribution in [0.3, 0.4) is 0 Å². The molecule has 5 nitrogen and oxygen atoms in total. The molecule has 2 saturated carbocycles. The summed E-state index contributed by atoms with van der Waals surface area (Å²) in [6, 6.07) is 6.08. The predicted molar refractivity (Wildman–Crippen MR) is 96.0 cm³/mol. The Labute approximate surface area is 148 Å². The number of hydrogen-bond acceptors (Lipinski definition) is 3. The van der Waals surface area contributed by atoms with E-state index >= 15 is 0 Å². The van der Waals surface area contributed by atoms with Gasteiger partial charge in [0.1, 0.15) is 5.65 Å². The molecule has 5 heteroatoms. The molecule has 5 rings (SSSR count). The van der Waals surface area contributed by atoms with Gasteiger partial charge in [0, 0.05) is 51.0 Å². The van der Waals surface area contributed by atoms with E-state index in [2.05, 4.69) is 20.4 Å². The van der Waals surface area contributed by atoms with Gasteiger partial charge >= 0.3 is 0 Å². The molecule has 0 radical (unpaired) electrons. The SMILES string of the molecule is O=C([C@@H]1C[C@H]2CC[C@@H]1C2)N1CCN(Cc2cn3ccccc3n2)CC1. The van der Waals surface area contributed by atoms with Crippen LogP contribution in [0.15, 0.2) is 30.6 Å². The van der Waals surface area contributed by atoms with E-state index in [1.165, 1.54) is 19.3 Å². The zero-order valence-corrected chi connectivity index (χ0v) is 14.7. The maximum atomic E-state index is 12.9. The summed E-state index contributed by atoms with van der Waals surface area (Å²) in [5.74, 6) is 2.31. The maximum Gasteiger partial charge on any atom is 0.226 e. The minimum Gasteiger partial charge on any atom is -0.340 e. The Bertz CT molecular complexity index is 744. The van der Waals surface area contributed by atoms with Gasteiger partial charge < -0.3 is 9.30 Å². The first-order chi connectivity index (χ1) is 12.3. The van der Waals surface area contributed by atoms with Crippen molar-refractivity contribution in [2.24, 2.45) is 17.8 Å². The smallest absolute Gasteiger partial charge is 0.226 e. The molecule has 1 amide bonds. The van der Waals surface area contributed by atoms with Gasteiger partial charge in [0.15, 0.2) is 0 Å². The third-order valence-electron chi connectivity index (χ3n) is 6.54. The van der Waals surface area contributed by atoms with Crippen LogP contribution in [0.1, 0.15) is 31.4 Å². The number of aromatic nitrogens is 2. The highest BCUT2D eigenvalue weighted by molar-refractivity contribution is 5.79. The van der Waals surface area contributed by atoms with E-state index in [0.29, 0.717) is 17.7 Å². The minimum atomic E-state index is 0.337. The molecule has 0 aromatic carbocycles. The topological polar surface area (TPSA) is 40.9 Å². The van der Waals surface area contributed by atoms with Crippen molar-refractivity contribution < 1.29 is 4.79 Å². The van der Waals surface area contributed by atoms with E-state index in [-0.39, 0.29) is 0 Å². The first kappa shape index (κ1) is 15.4. The molecule has 1 saturated heterocycles. The third-order valence-corrected chi connectivity index (χ3v) is 6.54. The lowest BCUT2D eigenvalue weighted by atomic mass is 9.87. The fraction of sp³-hybridized carbons (Fsp3) is 0.600. The van der Waals surface area contributed by atoms with Gasteiger partial charge in [-0.25, -0.2) is 4.98 Å². The number of carbonyl (C=O) groups is 1. The number of carbonyl (C=O) groups excluding carboxylic acids is 1. The van der Waals surface area contributed by atoms with Crippen molar-refractivity contribution >= 4 is 11.6 Å². The van der Waals surface area contributed by atoms with Crippen molar-refractivity contribution in [3.05, 3.63) is 36.3 Å². The molecule has 2 aliphatic carbocycles. The molecule has 3 heterocycles. The van der Waals surface area contributed by atoms with E-state index in [4.69, 9.17) is 4.98 Å². The molecule has 3 aliphatic rings. The maximum absolute atomic E-state index is 12.9. The lowest BCUT2D eigenvalue weighted by Gasteiger charge is -2.37. The summed E-state index contributed by atoms with van der Waals surface area (Å²) in [4.78, 5) is 22.1. The lowest BCUT2D eigenvalue weighted by Crippen LogP contribution is -2.50. The summed E-state index contributed by atoms with van der Waals surface area (Å²) in [7, 11) is 0. The predicted octanol–water partition coefficient (Wildman–Crippen LogP) is 2.41. The van der Waals surface area contributed by atoms with Crippen LogP contribution in [0.25, 0.3) is 5.65 Å². The Kier molecular flexibility index (Phi) is 3.77. The van der Waals surface area contributed by atoms with E-state index in [9.17, 15) is 4.79 Å². The van der Waals surface area contributed by atoms with Crippen molar-refractivity contribution in [1.82, 2.24) is 19.2 Å². The highest BCUT2D eigenvalue weighted by Gasteiger charge is 2.44. The van der Waals surface area contributed by atoms with Gasteiger partial charge in [0.05, 0.1) is 5.69 Å². The molecule has 0 N–H and O–H groups in total. The molecule has 3 fully saturated rings. The Morgan fingerprint density at radius 2 is 2.00 bits per heavy atom. The van der Waals surface area contributed by atoms with Gasteiger partial charge in [-0.1, -0.05) is 12.5 Å². The van der Waals surface area contributed by atoms with Crippen LogP contribution in [0.5, 0.6) is 0 Å². The monoisotopic (exact) mass is 338 g/mol. The number of piperazine rings is 1. The molecule has 0 unspecified atom stereocenters. The molecule has 25 heavy (non-hydrogen) atoms. The van der Waals surface area contributed by atoms with Crippen molar-refractivity contribution in [3.8, 4) is 0 Å². The average Bonchev–Trinajstić information content (AvgIpc) is 3.36. The number of amides is 1. The van der Waals surface area contributed by atoms with Gasteiger partial charge in [-0.2, -0.15) is 0 Å². The van der Waals surface area contributed by atoms with E-state index in [1.54, 1.807) is 0 Å². The van der Waals surface area contributed by atoms with Gasteiger partial charge in [-0.15, -0.1) is 0 Å². The Hall–Kier alpha value is -1.88. The molecule has 2 aromatic rings. The van der Waals surface area contributed by atoms with Gasteiger partial charge in [0.25, 0.3) is 0 Å². The fourth-order valence-corrected chi connectivity index (χ4v) is 5.20. The average molecular weight is 338 g/mol. The first-order valence-corrected chi connectivity index (χ1v) is 9.70. The second kappa shape index (κ2) is 6.13. The standard InChI is InChI=1S/C20H26N4O/c25-20(18-12-15-4-5-16(18)11-15)23-9-7-22(8-10-23)13-17-14-24-6-2-1-3-19(24)21-17/h1-3,6,14-16,18H,4-5,7-13H2/t15-,16+,18+/m0/s1. The van der Waals surface area contributed by atoms with Crippen LogP contribution < -0.4 is 0 Å². The van der Waals surface area contributed by atoms with Crippen LogP contribution in [-0.4, -0.2) is 51.3 Å². The van der Waals surface area contributed by atoms with Gasteiger partial charge in [-0.3, -0.25) is 9.69 Å². The number of imidazole rings is 1. The van der Waals surface area contributed by atoms with E-state index in [1.807, 2.05) is 24.4 Å². The summed E-state index contributed by atoms with van der Waals surface area (Å²) in [5.41, 5.74) is 2.11. The second-order valence-electron chi connectivity index (χ2n) is 8.08. The minimum absolute atomic E-state index is 0.337. The van der Waals surface area contributed by atoms with Crippen LogP contribution in [-0.2, 0) is 11.3 Å². The fourth-order valence-electron chi connectivity index (χ4n) is 5.20. The first-order valence-electron chi connectivity index (χ1n) is 9.70. The zero-order chi connectivity index (χ0) is 16.8. The van der Waals surface area contributed by atoms with Crippen LogP contribution in [0.4, 0.5) is 0 Å². The quantitative estimate of drug-likeness (QED) is 0.863. The lowest BCUT2D eigenvalue weighted by molar-refractivity contribution is -0.139. The summed E-state index contributed by atoms with van der Waals surface area (Å²) in [6.07, 6.45) is 9.27. The highest BCUT2D eigenvalue weighted by atomic mass is 16.2. The molecule has 132 valence electrons. The van der Waals surface area contributed by atoms with Crippen molar-refractivity contribution in [1.29, 1.82) is 0 Å². The molecule has 3 atom stereocenters. The summed E-state index contributed by atoms with van der Waals surface area (Å²) in [6.45, 7) is 4.54. The number of nitrogens with zero attached hydrogens (tertiary/aromatic N) is 4. The Morgan fingerprint density at radius 3 is 2.72 bits per heavy atom. The van der Waals surface area contributed by atoms with Crippen LogP contribution in [0.2, 0.25) is 0 Å². The van der Waals surface area contributed by atoms with Crippen molar-refractivity contribution in [3.63, 3.8) is 0 Å². The summed E-state index contributed by atoms with van der Waals surface area (Å²) >= 11 is 0. The second-order valence-corrected chi connectivity index (χ2v) is 8.08. The van der Waals surface area contributed by atoms with Crippen molar-refractivity contribution in [2.75, 3.05) is 26.2 Å². The highest BCUT2D eigenvalue weighted by Crippen LogP contribution is 2.48. The summed E-state index contributed by atoms with van der Waals surface area (Å²) < 4.78 is 2.07. The molecular weight excluding hydrogens is 312 g/mol. The molecule has 2 aromatic heterocycles.